The van der Waals surface area contributed by atoms with E-state index in [2.05, 4.69) is 5.32 Å². The van der Waals surface area contributed by atoms with E-state index in [-0.39, 0.29) is 11.6 Å². The van der Waals surface area contributed by atoms with Gasteiger partial charge in [0.2, 0.25) is 0 Å². The quantitative estimate of drug-likeness (QED) is 0.448. The molecule has 0 aliphatic heterocycles. The Kier molecular flexibility index (Phi) is 8.24. The molecule has 1 atom stereocenters. The number of carboxylic acid groups (broad SMARTS) is 1. The molecule has 192 valence electrons. The van der Waals surface area contributed by atoms with Crippen LogP contribution in [-0.2, 0) is 11.3 Å². The number of benzene rings is 2. The summed E-state index contributed by atoms with van der Waals surface area (Å²) >= 11 is 0. The van der Waals surface area contributed by atoms with Crippen LogP contribution in [0.25, 0.3) is 10.9 Å². The Labute approximate surface area is 210 Å². The van der Waals surface area contributed by atoms with Crippen LogP contribution in [0.3, 0.4) is 0 Å². The van der Waals surface area contributed by atoms with Gasteiger partial charge < -0.3 is 24.5 Å². The lowest BCUT2D eigenvalue weighted by Crippen LogP contribution is -2.43. The number of hydrogen-bond donors (Lipinski definition) is 2. The van der Waals surface area contributed by atoms with Crippen LogP contribution in [0.2, 0.25) is 0 Å². The van der Waals surface area contributed by atoms with Crippen molar-refractivity contribution in [1.29, 1.82) is 0 Å². The molecule has 2 aromatic carbocycles. The van der Waals surface area contributed by atoms with E-state index < -0.39 is 30.5 Å². The van der Waals surface area contributed by atoms with Crippen molar-refractivity contribution in [2.45, 2.75) is 39.8 Å². The van der Waals surface area contributed by atoms with E-state index in [1.165, 1.54) is 11.6 Å². The number of imide groups is 1. The molecule has 9 heteroatoms. The summed E-state index contributed by atoms with van der Waals surface area (Å²) in [4.78, 5) is 39.2. The SMILES string of the molecule is COc1cc(C)cc(OC)c1C(CC(C)C)NC(=O)N(C)C(=O)c1cc2ccccc2n1CC(=O)O. The number of para-hydroxylation sites is 1. The third kappa shape index (κ3) is 5.62. The molecule has 0 bridgehead atoms. The normalized spacial score (nSPS) is 11.9. The molecule has 3 rings (SSSR count). The fourth-order valence-corrected chi connectivity index (χ4v) is 4.34. The number of methoxy groups -OCH3 is 2. The van der Waals surface area contributed by atoms with E-state index in [4.69, 9.17) is 9.47 Å². The van der Waals surface area contributed by atoms with E-state index in [9.17, 15) is 19.5 Å². The van der Waals surface area contributed by atoms with Crippen molar-refractivity contribution in [3.8, 4) is 11.5 Å². The molecule has 1 heterocycles. The molecular weight excluding hydrogens is 462 g/mol. The highest BCUT2D eigenvalue weighted by Gasteiger charge is 2.29. The molecular formula is C27H33N3O6. The summed E-state index contributed by atoms with van der Waals surface area (Å²) in [5, 5.41) is 13.1. The van der Waals surface area contributed by atoms with E-state index in [0.717, 1.165) is 10.5 Å². The summed E-state index contributed by atoms with van der Waals surface area (Å²) in [5.74, 6) is -0.337. The van der Waals surface area contributed by atoms with E-state index >= 15 is 0 Å². The first-order chi connectivity index (χ1) is 17.1. The first-order valence-corrected chi connectivity index (χ1v) is 11.7. The minimum absolute atomic E-state index is 0.113. The summed E-state index contributed by atoms with van der Waals surface area (Å²) in [6.07, 6.45) is 0.572. The monoisotopic (exact) mass is 495 g/mol. The second-order valence-corrected chi connectivity index (χ2v) is 9.15. The minimum Gasteiger partial charge on any atom is -0.496 e. The molecule has 36 heavy (non-hydrogen) atoms. The van der Waals surface area contributed by atoms with Gasteiger partial charge in [0.05, 0.1) is 25.8 Å². The molecule has 0 fully saturated rings. The number of rotatable bonds is 9. The smallest absolute Gasteiger partial charge is 0.324 e. The lowest BCUT2D eigenvalue weighted by molar-refractivity contribution is -0.137. The van der Waals surface area contributed by atoms with Crippen molar-refractivity contribution >= 4 is 28.8 Å². The fraction of sp³-hybridized carbons (Fsp3) is 0.370. The zero-order valence-corrected chi connectivity index (χ0v) is 21.5. The number of urea groups is 1. The van der Waals surface area contributed by atoms with Crippen molar-refractivity contribution < 1.29 is 29.0 Å². The number of nitrogens with one attached hydrogen (secondary N) is 1. The molecule has 0 aliphatic carbocycles. The Balaban J connectivity index is 1.96. The maximum Gasteiger partial charge on any atom is 0.324 e. The standard InChI is InChI=1S/C27H33N3O6/c1-16(2)11-19(25-22(35-5)12-17(3)13-23(25)36-6)28-27(34)29(4)26(33)21-14-18-9-7-8-10-20(18)30(21)15-24(31)32/h7-10,12-14,16,19H,11,15H2,1-6H3,(H,28,34)(H,31,32). The maximum atomic E-state index is 13.4. The van der Waals surface area contributed by atoms with Crippen LogP contribution in [-0.4, -0.2) is 53.7 Å². The third-order valence-corrected chi connectivity index (χ3v) is 5.97. The van der Waals surface area contributed by atoms with Crippen molar-refractivity contribution in [3.63, 3.8) is 0 Å². The van der Waals surface area contributed by atoms with Gasteiger partial charge >= 0.3 is 12.0 Å². The average molecular weight is 496 g/mol. The van der Waals surface area contributed by atoms with Gasteiger partial charge in [-0.15, -0.1) is 0 Å². The molecule has 0 spiro atoms. The van der Waals surface area contributed by atoms with Crippen LogP contribution in [0.5, 0.6) is 11.5 Å². The Morgan fingerprint density at radius 3 is 2.22 bits per heavy atom. The molecule has 3 amide bonds. The highest BCUT2D eigenvalue weighted by Crippen LogP contribution is 2.38. The molecule has 0 saturated carbocycles. The zero-order valence-electron chi connectivity index (χ0n) is 21.5. The van der Waals surface area contributed by atoms with E-state index in [1.54, 1.807) is 44.6 Å². The van der Waals surface area contributed by atoms with Gasteiger partial charge in [0, 0.05) is 18.0 Å². The number of aliphatic carboxylic acids is 1. The first-order valence-electron chi connectivity index (χ1n) is 11.7. The van der Waals surface area contributed by atoms with Crippen molar-refractivity contribution in [2.75, 3.05) is 21.3 Å². The maximum absolute atomic E-state index is 13.4. The number of ether oxygens (including phenoxy) is 2. The number of carbonyl (C=O) groups is 3. The number of aromatic nitrogens is 1. The predicted molar refractivity (Wildman–Crippen MR) is 137 cm³/mol. The zero-order chi connectivity index (χ0) is 26.6. The minimum atomic E-state index is -1.09. The second kappa shape index (κ2) is 11.2. The average Bonchev–Trinajstić information content (AvgIpc) is 3.19. The molecule has 2 N–H and O–H groups in total. The molecule has 0 radical (unpaired) electrons. The number of hydrogen-bond acceptors (Lipinski definition) is 5. The Hall–Kier alpha value is -4.01. The van der Waals surface area contributed by atoms with Gasteiger partial charge in [0.1, 0.15) is 23.7 Å². The highest BCUT2D eigenvalue weighted by atomic mass is 16.5. The van der Waals surface area contributed by atoms with Gasteiger partial charge in [0.15, 0.2) is 0 Å². The van der Waals surface area contributed by atoms with Gasteiger partial charge in [-0.2, -0.15) is 0 Å². The molecule has 1 aromatic heterocycles. The Morgan fingerprint density at radius 1 is 1.06 bits per heavy atom. The Morgan fingerprint density at radius 2 is 1.67 bits per heavy atom. The largest absolute Gasteiger partial charge is 0.496 e. The summed E-state index contributed by atoms with van der Waals surface area (Å²) < 4.78 is 12.6. The number of nitrogens with zero attached hydrogens (tertiary/aromatic N) is 2. The van der Waals surface area contributed by atoms with Crippen LogP contribution in [0.15, 0.2) is 42.5 Å². The molecule has 9 nitrogen and oxygen atoms in total. The third-order valence-electron chi connectivity index (χ3n) is 5.97. The number of carbonyl (C=O) groups excluding carboxylic acids is 2. The van der Waals surface area contributed by atoms with Crippen LogP contribution in [0, 0.1) is 12.8 Å². The lowest BCUT2D eigenvalue weighted by atomic mass is 9.94. The van der Waals surface area contributed by atoms with Crippen LogP contribution < -0.4 is 14.8 Å². The second-order valence-electron chi connectivity index (χ2n) is 9.15. The van der Waals surface area contributed by atoms with Gasteiger partial charge in [-0.1, -0.05) is 32.0 Å². The Bertz CT molecular complexity index is 1250. The van der Waals surface area contributed by atoms with Crippen LogP contribution in [0.1, 0.15) is 47.9 Å². The fourth-order valence-electron chi connectivity index (χ4n) is 4.34. The van der Waals surface area contributed by atoms with E-state index in [1.807, 2.05) is 32.9 Å². The summed E-state index contributed by atoms with van der Waals surface area (Å²) in [6, 6.07) is 11.3. The number of carboxylic acids is 1. The molecule has 1 unspecified atom stereocenters. The van der Waals surface area contributed by atoms with Crippen LogP contribution >= 0.6 is 0 Å². The molecule has 0 saturated heterocycles. The van der Waals surface area contributed by atoms with Gasteiger partial charge in [-0.05, 0) is 49.1 Å². The topological polar surface area (TPSA) is 110 Å². The summed E-state index contributed by atoms with van der Waals surface area (Å²) in [7, 11) is 4.49. The summed E-state index contributed by atoms with van der Waals surface area (Å²) in [5.41, 5.74) is 2.35. The number of fused-ring (bicyclic) bond motifs is 1. The molecule has 0 aliphatic rings. The van der Waals surface area contributed by atoms with E-state index in [0.29, 0.717) is 34.4 Å². The van der Waals surface area contributed by atoms with Gasteiger partial charge in [-0.3, -0.25) is 14.5 Å². The number of amides is 3. The van der Waals surface area contributed by atoms with Crippen LogP contribution in [0.4, 0.5) is 4.79 Å². The summed E-state index contributed by atoms with van der Waals surface area (Å²) in [6.45, 7) is 5.59. The molecule has 3 aromatic rings. The highest BCUT2D eigenvalue weighted by molar-refractivity contribution is 6.06. The lowest BCUT2D eigenvalue weighted by Gasteiger charge is -2.27. The van der Waals surface area contributed by atoms with Crippen molar-refractivity contribution in [2.24, 2.45) is 5.92 Å². The first kappa shape index (κ1) is 26.6. The van der Waals surface area contributed by atoms with Crippen molar-refractivity contribution in [1.82, 2.24) is 14.8 Å². The predicted octanol–water partition coefficient (Wildman–Crippen LogP) is 4.62. The van der Waals surface area contributed by atoms with Gasteiger partial charge in [0.25, 0.3) is 5.91 Å². The number of aryl methyl sites for hydroxylation is 1. The van der Waals surface area contributed by atoms with Gasteiger partial charge in [-0.25, -0.2) is 4.79 Å². The van der Waals surface area contributed by atoms with Crippen molar-refractivity contribution in [3.05, 3.63) is 59.3 Å².